The molecule has 2 aliphatic rings. The second-order valence-corrected chi connectivity index (χ2v) is 7.73. The van der Waals surface area contributed by atoms with Gasteiger partial charge in [-0.2, -0.15) is 13.2 Å². The molecule has 0 spiro atoms. The third kappa shape index (κ3) is 4.03. The predicted molar refractivity (Wildman–Crippen MR) is 102 cm³/mol. The van der Waals surface area contributed by atoms with Crippen LogP contribution in [0.25, 0.3) is 0 Å². The van der Waals surface area contributed by atoms with Crippen LogP contribution in [0.2, 0.25) is 0 Å². The Balaban J connectivity index is 2.03. The van der Waals surface area contributed by atoms with Gasteiger partial charge in [0.05, 0.1) is 18.1 Å². The topological polar surface area (TPSA) is 84.0 Å². The van der Waals surface area contributed by atoms with E-state index in [0.29, 0.717) is 12.8 Å². The molecule has 1 aromatic rings. The number of likely N-dealkylation sites (tertiary alicyclic amines) is 2. The zero-order valence-corrected chi connectivity index (χ0v) is 17.2. The van der Waals surface area contributed by atoms with Crippen LogP contribution >= 0.6 is 0 Å². The quantitative estimate of drug-likeness (QED) is 0.518. The first-order chi connectivity index (χ1) is 14.5. The zero-order valence-electron chi connectivity index (χ0n) is 17.2. The number of carbonyl (C=O) groups excluding carboxylic acids is 4. The lowest BCUT2D eigenvalue weighted by Crippen LogP contribution is -2.46. The van der Waals surface area contributed by atoms with E-state index in [0.717, 1.165) is 23.1 Å². The number of amides is 3. The van der Waals surface area contributed by atoms with Gasteiger partial charge in [0, 0.05) is 25.9 Å². The van der Waals surface area contributed by atoms with E-state index in [1.807, 2.05) is 0 Å². The zero-order chi connectivity index (χ0) is 23.0. The van der Waals surface area contributed by atoms with Crippen LogP contribution in [0.5, 0.6) is 0 Å². The highest BCUT2D eigenvalue weighted by molar-refractivity contribution is 6.10. The first-order valence-corrected chi connectivity index (χ1v) is 9.95. The molecular weight excluding hydrogens is 417 g/mol. The standard InChI is InChI=1S/C21H23F3N2O5/c1-3-25-16(27)11-20(19(25)30,13-6-4-7-14(10-13)21(22,23)24)12-17(28)26-9-5-8-15(26)18(29)31-2/h4,6-7,10,15H,3,5,8-9,11-12H2,1-2H3/t15-,20?/m0/s1. The fraction of sp³-hybridized carbons (Fsp3) is 0.524. The number of ether oxygens (including phenoxy) is 1. The summed E-state index contributed by atoms with van der Waals surface area (Å²) in [4.78, 5) is 53.1. The summed E-state index contributed by atoms with van der Waals surface area (Å²) in [5.74, 6) is -2.43. The first kappa shape index (κ1) is 22.8. The SMILES string of the molecule is CCN1C(=O)CC(CC(=O)N2CCC[C@H]2C(=O)OC)(c2cccc(C(F)(F)F)c2)C1=O. The number of alkyl halides is 3. The molecule has 10 heteroatoms. The molecule has 0 bridgehead atoms. The molecule has 7 nitrogen and oxygen atoms in total. The Morgan fingerprint density at radius 3 is 2.55 bits per heavy atom. The molecule has 0 radical (unpaired) electrons. The summed E-state index contributed by atoms with van der Waals surface area (Å²) in [5, 5.41) is 0. The van der Waals surface area contributed by atoms with E-state index < -0.39 is 59.7 Å². The highest BCUT2D eigenvalue weighted by Crippen LogP contribution is 2.42. The minimum Gasteiger partial charge on any atom is -0.467 e. The minimum absolute atomic E-state index is 0.0427. The molecule has 1 aromatic carbocycles. The van der Waals surface area contributed by atoms with Crippen LogP contribution in [0.3, 0.4) is 0 Å². The summed E-state index contributed by atoms with van der Waals surface area (Å²) < 4.78 is 44.6. The van der Waals surface area contributed by atoms with E-state index in [1.165, 1.54) is 18.1 Å². The number of benzene rings is 1. The monoisotopic (exact) mass is 440 g/mol. The number of hydrogen-bond acceptors (Lipinski definition) is 5. The fourth-order valence-corrected chi connectivity index (χ4v) is 4.39. The van der Waals surface area contributed by atoms with E-state index >= 15 is 0 Å². The van der Waals surface area contributed by atoms with Gasteiger partial charge in [0.15, 0.2) is 0 Å². The van der Waals surface area contributed by atoms with Crippen LogP contribution in [0.1, 0.15) is 43.7 Å². The van der Waals surface area contributed by atoms with Crippen molar-refractivity contribution in [2.75, 3.05) is 20.2 Å². The predicted octanol–water partition coefficient (Wildman–Crippen LogP) is 2.28. The van der Waals surface area contributed by atoms with Crippen LogP contribution in [0.15, 0.2) is 24.3 Å². The van der Waals surface area contributed by atoms with Gasteiger partial charge in [-0.05, 0) is 31.4 Å². The Kier molecular flexibility index (Phi) is 6.11. The number of carbonyl (C=O) groups is 4. The molecule has 0 aliphatic carbocycles. The number of nitrogens with zero attached hydrogens (tertiary/aromatic N) is 2. The number of likely N-dealkylation sites (N-methyl/N-ethyl adjacent to an activating group) is 1. The maximum atomic E-state index is 13.3. The van der Waals surface area contributed by atoms with Crippen LogP contribution in [-0.4, -0.2) is 59.7 Å². The number of hydrogen-bond donors (Lipinski definition) is 0. The van der Waals surface area contributed by atoms with Gasteiger partial charge in [-0.3, -0.25) is 19.3 Å². The van der Waals surface area contributed by atoms with Crippen molar-refractivity contribution in [1.29, 1.82) is 0 Å². The Morgan fingerprint density at radius 1 is 1.26 bits per heavy atom. The largest absolute Gasteiger partial charge is 0.467 e. The average Bonchev–Trinajstić information content (AvgIpc) is 3.30. The van der Waals surface area contributed by atoms with E-state index in [-0.39, 0.29) is 18.7 Å². The lowest BCUT2D eigenvalue weighted by molar-refractivity contribution is -0.151. The Hall–Kier alpha value is -2.91. The van der Waals surface area contributed by atoms with Gasteiger partial charge < -0.3 is 9.64 Å². The van der Waals surface area contributed by atoms with Crippen molar-refractivity contribution < 1.29 is 37.1 Å². The molecule has 2 atom stereocenters. The van der Waals surface area contributed by atoms with E-state index in [4.69, 9.17) is 4.74 Å². The summed E-state index contributed by atoms with van der Waals surface area (Å²) in [6.45, 7) is 1.88. The Morgan fingerprint density at radius 2 is 1.97 bits per heavy atom. The van der Waals surface area contributed by atoms with Gasteiger partial charge in [-0.1, -0.05) is 18.2 Å². The van der Waals surface area contributed by atoms with Crippen LogP contribution in [0.4, 0.5) is 13.2 Å². The van der Waals surface area contributed by atoms with Gasteiger partial charge in [-0.15, -0.1) is 0 Å². The van der Waals surface area contributed by atoms with E-state index in [2.05, 4.69) is 0 Å². The van der Waals surface area contributed by atoms with Crippen molar-refractivity contribution in [3.63, 3.8) is 0 Å². The highest BCUT2D eigenvalue weighted by atomic mass is 19.4. The molecule has 31 heavy (non-hydrogen) atoms. The number of halogens is 3. The maximum absolute atomic E-state index is 13.3. The summed E-state index contributed by atoms with van der Waals surface area (Å²) in [5.41, 5.74) is -2.77. The molecule has 0 aromatic heterocycles. The molecule has 2 saturated heterocycles. The van der Waals surface area contributed by atoms with Gasteiger partial charge in [0.2, 0.25) is 17.7 Å². The molecule has 0 N–H and O–H groups in total. The van der Waals surface area contributed by atoms with Crippen LogP contribution in [-0.2, 0) is 35.5 Å². The summed E-state index contributed by atoms with van der Waals surface area (Å²) in [7, 11) is 1.20. The van der Waals surface area contributed by atoms with Crippen LogP contribution in [0, 0.1) is 0 Å². The second-order valence-electron chi connectivity index (χ2n) is 7.73. The molecule has 1 unspecified atom stereocenters. The number of imide groups is 1. The van der Waals surface area contributed by atoms with Gasteiger partial charge in [0.1, 0.15) is 6.04 Å². The lowest BCUT2D eigenvalue weighted by atomic mass is 9.75. The number of esters is 1. The highest BCUT2D eigenvalue weighted by Gasteiger charge is 2.54. The molecule has 0 saturated carbocycles. The van der Waals surface area contributed by atoms with Crippen molar-refractivity contribution in [3.05, 3.63) is 35.4 Å². The van der Waals surface area contributed by atoms with Gasteiger partial charge in [-0.25, -0.2) is 4.79 Å². The third-order valence-electron chi connectivity index (χ3n) is 5.97. The Bertz CT molecular complexity index is 917. The van der Waals surface area contributed by atoms with Gasteiger partial charge in [0.25, 0.3) is 0 Å². The van der Waals surface area contributed by atoms with Crippen LogP contribution < -0.4 is 0 Å². The van der Waals surface area contributed by atoms with Crippen molar-refractivity contribution in [1.82, 2.24) is 9.80 Å². The smallest absolute Gasteiger partial charge is 0.416 e. The molecule has 168 valence electrons. The third-order valence-corrected chi connectivity index (χ3v) is 5.97. The normalized spacial score (nSPS) is 24.1. The summed E-state index contributed by atoms with van der Waals surface area (Å²) in [6.07, 6.45) is -4.63. The molecular formula is C21H23F3N2O5. The summed E-state index contributed by atoms with van der Waals surface area (Å²) >= 11 is 0. The molecule has 2 aliphatic heterocycles. The molecule has 3 rings (SSSR count). The van der Waals surface area contributed by atoms with E-state index in [9.17, 15) is 32.3 Å². The fourth-order valence-electron chi connectivity index (χ4n) is 4.39. The van der Waals surface area contributed by atoms with Crippen molar-refractivity contribution >= 4 is 23.7 Å². The number of methoxy groups -OCH3 is 1. The van der Waals surface area contributed by atoms with Gasteiger partial charge >= 0.3 is 12.1 Å². The summed E-state index contributed by atoms with van der Waals surface area (Å²) in [6, 6.07) is 3.36. The molecule has 3 amide bonds. The first-order valence-electron chi connectivity index (χ1n) is 9.95. The minimum atomic E-state index is -4.65. The lowest BCUT2D eigenvalue weighted by Gasteiger charge is -2.31. The maximum Gasteiger partial charge on any atom is 0.416 e. The van der Waals surface area contributed by atoms with Crippen molar-refractivity contribution in [2.45, 2.75) is 50.2 Å². The number of rotatable bonds is 5. The molecule has 2 heterocycles. The average molecular weight is 440 g/mol. The van der Waals surface area contributed by atoms with Crippen molar-refractivity contribution in [3.8, 4) is 0 Å². The molecule has 2 fully saturated rings. The van der Waals surface area contributed by atoms with Crippen molar-refractivity contribution in [2.24, 2.45) is 0 Å². The second kappa shape index (κ2) is 8.32. The van der Waals surface area contributed by atoms with E-state index in [1.54, 1.807) is 6.92 Å². The Labute approximate surface area is 177 Å².